The van der Waals surface area contributed by atoms with Crippen LogP contribution in [0.5, 0.6) is 0 Å². The van der Waals surface area contributed by atoms with Gasteiger partial charge in [-0.25, -0.2) is 15.0 Å². The summed E-state index contributed by atoms with van der Waals surface area (Å²) in [7, 11) is 0. The summed E-state index contributed by atoms with van der Waals surface area (Å²) in [6.07, 6.45) is 1.16. The molecule has 0 atom stereocenters. The molecule has 11 heteroatoms. The maximum absolute atomic E-state index is 12.4. The summed E-state index contributed by atoms with van der Waals surface area (Å²) in [6, 6.07) is 12.7. The Bertz CT molecular complexity index is 1150. The van der Waals surface area contributed by atoms with E-state index in [-0.39, 0.29) is 28.8 Å². The first-order chi connectivity index (χ1) is 15.4. The molecule has 32 heavy (non-hydrogen) atoms. The number of esters is 1. The van der Waals surface area contributed by atoms with Crippen LogP contribution in [0.25, 0.3) is 0 Å². The van der Waals surface area contributed by atoms with E-state index in [1.165, 1.54) is 0 Å². The predicted octanol–water partition coefficient (Wildman–Crippen LogP) is 6.32. The van der Waals surface area contributed by atoms with E-state index in [0.29, 0.717) is 21.4 Å². The van der Waals surface area contributed by atoms with Crippen molar-refractivity contribution in [3.8, 4) is 0 Å². The Kier molecular flexibility index (Phi) is 7.99. The summed E-state index contributed by atoms with van der Waals surface area (Å²) in [6.45, 7) is 1.81. The van der Waals surface area contributed by atoms with Crippen LogP contribution in [0.4, 0.5) is 22.1 Å². The molecule has 0 radical (unpaired) electrons. The zero-order chi connectivity index (χ0) is 23.1. The van der Waals surface area contributed by atoms with Crippen LogP contribution in [0.15, 0.2) is 58.0 Å². The van der Waals surface area contributed by atoms with Crippen LogP contribution in [0.2, 0.25) is 15.1 Å². The van der Waals surface area contributed by atoms with Gasteiger partial charge in [0.05, 0.1) is 12.8 Å². The number of furan rings is 1. The van der Waals surface area contributed by atoms with E-state index in [1.807, 2.05) is 0 Å². The molecule has 2 aromatic carbocycles. The molecule has 166 valence electrons. The number of benzene rings is 2. The SMILES string of the molecule is CCOC(=O)c1c(Nc2cccc(Cl)c2)oc(/C=N\NC(=O)Nc2ccc(Cl)cc2)c1Cl. The summed E-state index contributed by atoms with van der Waals surface area (Å²) >= 11 is 18.1. The van der Waals surface area contributed by atoms with Crippen molar-refractivity contribution in [2.24, 2.45) is 5.10 Å². The van der Waals surface area contributed by atoms with Crippen molar-refractivity contribution in [3.63, 3.8) is 0 Å². The van der Waals surface area contributed by atoms with Gasteiger partial charge in [0.1, 0.15) is 10.6 Å². The van der Waals surface area contributed by atoms with Gasteiger partial charge in [-0.2, -0.15) is 5.10 Å². The van der Waals surface area contributed by atoms with E-state index in [4.69, 9.17) is 44.0 Å². The standard InChI is InChI=1S/C21H17Cl3N4O4/c1-2-31-20(29)17-18(24)16(32-19(17)26-15-5-3-4-13(23)10-15)11-25-28-21(30)27-14-8-6-12(22)7-9-14/h3-11,26H,2H2,1H3,(H2,27,28,30)/b25-11-. The summed E-state index contributed by atoms with van der Waals surface area (Å²) in [4.78, 5) is 24.4. The third-order valence-electron chi connectivity index (χ3n) is 3.89. The number of hydrogen-bond acceptors (Lipinski definition) is 6. The molecule has 0 unspecified atom stereocenters. The molecular formula is C21H17Cl3N4O4. The van der Waals surface area contributed by atoms with Gasteiger partial charge in [0.2, 0.25) is 5.88 Å². The molecule has 1 heterocycles. The Morgan fingerprint density at radius 3 is 2.50 bits per heavy atom. The normalized spacial score (nSPS) is 10.8. The fourth-order valence-corrected chi connectivity index (χ4v) is 3.09. The zero-order valence-corrected chi connectivity index (χ0v) is 18.9. The first kappa shape index (κ1) is 23.5. The van der Waals surface area contributed by atoms with Gasteiger partial charge in [-0.1, -0.05) is 40.9 Å². The molecule has 2 amide bonds. The van der Waals surface area contributed by atoms with Gasteiger partial charge >= 0.3 is 12.0 Å². The first-order valence-corrected chi connectivity index (χ1v) is 10.4. The highest BCUT2D eigenvalue weighted by Gasteiger charge is 2.25. The van der Waals surface area contributed by atoms with Crippen molar-refractivity contribution < 1.29 is 18.7 Å². The van der Waals surface area contributed by atoms with Crippen molar-refractivity contribution >= 4 is 70.3 Å². The molecule has 3 rings (SSSR count). The summed E-state index contributed by atoms with van der Waals surface area (Å²) < 4.78 is 10.7. The molecule has 1 aromatic heterocycles. The maximum Gasteiger partial charge on any atom is 0.345 e. The molecule has 8 nitrogen and oxygen atoms in total. The average Bonchev–Trinajstić information content (AvgIpc) is 3.05. The van der Waals surface area contributed by atoms with Crippen LogP contribution in [0, 0.1) is 0 Å². The minimum atomic E-state index is -0.682. The van der Waals surface area contributed by atoms with Crippen LogP contribution in [0.1, 0.15) is 23.0 Å². The van der Waals surface area contributed by atoms with Crippen LogP contribution < -0.4 is 16.1 Å². The first-order valence-electron chi connectivity index (χ1n) is 9.25. The number of ether oxygens (including phenoxy) is 1. The average molecular weight is 496 g/mol. The van der Waals surface area contributed by atoms with Gasteiger partial charge in [0.25, 0.3) is 0 Å². The molecule has 0 aliphatic carbocycles. The van der Waals surface area contributed by atoms with E-state index in [2.05, 4.69) is 21.2 Å². The highest BCUT2D eigenvalue weighted by molar-refractivity contribution is 6.36. The smallest absolute Gasteiger partial charge is 0.345 e. The number of nitrogens with one attached hydrogen (secondary N) is 3. The van der Waals surface area contributed by atoms with Crippen LogP contribution in [-0.4, -0.2) is 24.8 Å². The lowest BCUT2D eigenvalue weighted by atomic mass is 10.2. The van der Waals surface area contributed by atoms with Crippen LogP contribution in [0.3, 0.4) is 0 Å². The van der Waals surface area contributed by atoms with E-state index in [0.717, 1.165) is 6.21 Å². The minimum absolute atomic E-state index is 0.0134. The lowest BCUT2D eigenvalue weighted by molar-refractivity contribution is 0.0527. The largest absolute Gasteiger partial charge is 0.462 e. The van der Waals surface area contributed by atoms with Crippen molar-refractivity contribution in [2.45, 2.75) is 6.92 Å². The number of hydrazone groups is 1. The number of anilines is 3. The lowest BCUT2D eigenvalue weighted by Crippen LogP contribution is -2.24. The maximum atomic E-state index is 12.4. The third kappa shape index (κ3) is 6.16. The Morgan fingerprint density at radius 2 is 1.81 bits per heavy atom. The molecule has 0 aliphatic rings. The van der Waals surface area contributed by atoms with E-state index in [1.54, 1.807) is 55.5 Å². The van der Waals surface area contributed by atoms with Crippen molar-refractivity contribution in [3.05, 3.63) is 74.9 Å². The highest BCUT2D eigenvalue weighted by Crippen LogP contribution is 2.34. The quantitative estimate of drug-likeness (QED) is 0.202. The number of hydrogen-bond donors (Lipinski definition) is 3. The second kappa shape index (κ2) is 10.9. The second-order valence-electron chi connectivity index (χ2n) is 6.17. The second-order valence-corrected chi connectivity index (χ2v) is 7.42. The Morgan fingerprint density at radius 1 is 1.06 bits per heavy atom. The summed E-state index contributed by atoms with van der Waals surface area (Å²) in [5.74, 6) is -0.604. The van der Waals surface area contributed by atoms with Crippen molar-refractivity contribution in [1.29, 1.82) is 0 Å². The van der Waals surface area contributed by atoms with E-state index < -0.39 is 12.0 Å². The van der Waals surface area contributed by atoms with Crippen LogP contribution >= 0.6 is 34.8 Å². The van der Waals surface area contributed by atoms with Gasteiger partial charge in [0.15, 0.2) is 5.76 Å². The number of urea groups is 1. The zero-order valence-electron chi connectivity index (χ0n) is 16.6. The third-order valence-corrected chi connectivity index (χ3v) is 4.75. The molecule has 0 saturated heterocycles. The number of carbonyl (C=O) groups excluding carboxylic acids is 2. The van der Waals surface area contributed by atoms with E-state index >= 15 is 0 Å². The number of nitrogens with zero attached hydrogens (tertiary/aromatic N) is 1. The molecule has 0 aliphatic heterocycles. The molecule has 0 spiro atoms. The summed E-state index contributed by atoms with van der Waals surface area (Å²) in [5, 5.41) is 10.3. The number of amides is 2. The summed E-state index contributed by atoms with van der Waals surface area (Å²) in [5.41, 5.74) is 3.35. The number of carbonyl (C=O) groups is 2. The monoisotopic (exact) mass is 494 g/mol. The molecule has 3 N–H and O–H groups in total. The van der Waals surface area contributed by atoms with Gasteiger partial charge in [-0.05, 0) is 49.4 Å². The Balaban J connectivity index is 1.77. The fraction of sp³-hybridized carbons (Fsp3) is 0.0952. The molecule has 0 fully saturated rings. The Hall–Kier alpha value is -3.20. The molecule has 0 saturated carbocycles. The molecular weight excluding hydrogens is 479 g/mol. The van der Waals surface area contributed by atoms with Gasteiger partial charge < -0.3 is 19.8 Å². The van der Waals surface area contributed by atoms with E-state index in [9.17, 15) is 9.59 Å². The number of halogens is 3. The fourth-order valence-electron chi connectivity index (χ4n) is 2.52. The predicted molar refractivity (Wildman–Crippen MR) is 126 cm³/mol. The van der Waals surface area contributed by atoms with Crippen molar-refractivity contribution in [1.82, 2.24) is 5.43 Å². The van der Waals surface area contributed by atoms with Crippen LogP contribution in [-0.2, 0) is 4.74 Å². The van der Waals surface area contributed by atoms with Gasteiger partial charge in [-0.3, -0.25) is 0 Å². The van der Waals surface area contributed by atoms with Gasteiger partial charge in [-0.15, -0.1) is 0 Å². The number of rotatable bonds is 7. The van der Waals surface area contributed by atoms with Gasteiger partial charge in [0, 0.05) is 21.4 Å². The van der Waals surface area contributed by atoms with Crippen molar-refractivity contribution in [2.75, 3.05) is 17.2 Å². The molecule has 3 aromatic rings. The minimum Gasteiger partial charge on any atom is -0.462 e. The topological polar surface area (TPSA) is 105 Å². The lowest BCUT2D eigenvalue weighted by Gasteiger charge is -2.06. The molecule has 0 bridgehead atoms. The highest BCUT2D eigenvalue weighted by atomic mass is 35.5. The Labute approximate surface area is 198 Å².